The van der Waals surface area contributed by atoms with Crippen molar-refractivity contribution in [3.05, 3.63) is 41.6 Å². The second kappa shape index (κ2) is 6.77. The molecule has 25 heavy (non-hydrogen) atoms. The zero-order valence-electron chi connectivity index (χ0n) is 14.7. The van der Waals surface area contributed by atoms with E-state index in [2.05, 4.69) is 22.1 Å². The predicted molar refractivity (Wildman–Crippen MR) is 102 cm³/mol. The van der Waals surface area contributed by atoms with E-state index in [1.54, 1.807) is 11.3 Å². The van der Waals surface area contributed by atoms with Crippen LogP contribution in [0.2, 0.25) is 0 Å². The lowest BCUT2D eigenvalue weighted by Gasteiger charge is -2.34. The Balaban J connectivity index is 1.39. The highest BCUT2D eigenvalue weighted by Gasteiger charge is 2.27. The Labute approximate surface area is 151 Å². The van der Waals surface area contributed by atoms with Crippen molar-refractivity contribution < 1.29 is 5.11 Å². The van der Waals surface area contributed by atoms with Crippen molar-refractivity contribution in [2.45, 2.75) is 32.3 Å². The van der Waals surface area contributed by atoms with E-state index in [4.69, 9.17) is 4.98 Å². The van der Waals surface area contributed by atoms with Crippen molar-refractivity contribution in [1.29, 1.82) is 0 Å². The van der Waals surface area contributed by atoms with Crippen LogP contribution in [0.3, 0.4) is 0 Å². The fourth-order valence-electron chi connectivity index (χ4n) is 3.71. The van der Waals surface area contributed by atoms with E-state index in [1.165, 1.54) is 10.3 Å². The summed E-state index contributed by atoms with van der Waals surface area (Å²) in [6.07, 6.45) is 2.52. The summed E-state index contributed by atoms with van der Waals surface area (Å²) >= 11 is 1.73. The molecule has 132 valence electrons. The van der Waals surface area contributed by atoms with Gasteiger partial charge < -0.3 is 10.0 Å². The van der Waals surface area contributed by atoms with Gasteiger partial charge in [0.15, 0.2) is 10.8 Å². The quantitative estimate of drug-likeness (QED) is 0.780. The van der Waals surface area contributed by atoms with Crippen LogP contribution >= 0.6 is 11.3 Å². The molecule has 3 heterocycles. The Bertz CT molecular complexity index is 815. The number of rotatable bonds is 4. The molecule has 0 saturated carbocycles. The van der Waals surface area contributed by atoms with Crippen LogP contribution in [-0.4, -0.2) is 39.1 Å². The first-order valence-electron chi connectivity index (χ1n) is 8.89. The molecule has 0 bridgehead atoms. The third-order valence-corrected chi connectivity index (χ3v) is 6.39. The van der Waals surface area contributed by atoms with E-state index in [-0.39, 0.29) is 6.10 Å². The number of aliphatic hydroxyl groups excluding tert-OH is 1. The molecule has 1 fully saturated rings. The lowest BCUT2D eigenvalue weighted by Crippen LogP contribution is -2.38. The van der Waals surface area contributed by atoms with E-state index in [0.29, 0.717) is 5.92 Å². The monoisotopic (exact) mass is 356 g/mol. The molecule has 2 aromatic heterocycles. The Kier molecular flexibility index (Phi) is 4.48. The summed E-state index contributed by atoms with van der Waals surface area (Å²) in [5, 5.41) is 16.1. The van der Waals surface area contributed by atoms with Gasteiger partial charge in [0, 0.05) is 20.1 Å². The average molecular weight is 356 g/mol. The number of aliphatic hydroxyl groups is 1. The lowest BCUT2D eigenvalue weighted by atomic mass is 9.88. The number of benzene rings is 1. The lowest BCUT2D eigenvalue weighted by molar-refractivity contribution is 0.0930. The average Bonchev–Trinajstić information content (AvgIpc) is 3.18. The summed E-state index contributed by atoms with van der Waals surface area (Å²) in [5.74, 6) is 0.370. The zero-order valence-corrected chi connectivity index (χ0v) is 15.5. The van der Waals surface area contributed by atoms with Crippen LogP contribution in [0, 0.1) is 12.8 Å². The second-order valence-electron chi connectivity index (χ2n) is 6.94. The van der Waals surface area contributed by atoms with Crippen LogP contribution in [0.25, 0.3) is 10.3 Å². The molecule has 0 aliphatic carbocycles. The third-order valence-electron chi connectivity index (χ3n) is 5.18. The minimum Gasteiger partial charge on any atom is -0.392 e. The highest BCUT2D eigenvalue weighted by atomic mass is 32.1. The van der Waals surface area contributed by atoms with Gasteiger partial charge in [-0.2, -0.15) is 5.10 Å². The van der Waals surface area contributed by atoms with Gasteiger partial charge in [-0.3, -0.25) is 0 Å². The molecule has 0 amide bonds. The van der Waals surface area contributed by atoms with Crippen molar-refractivity contribution in [3.63, 3.8) is 0 Å². The van der Waals surface area contributed by atoms with Gasteiger partial charge in [0.2, 0.25) is 0 Å². The van der Waals surface area contributed by atoms with E-state index in [9.17, 15) is 5.11 Å². The molecule has 4 rings (SSSR count). The maximum absolute atomic E-state index is 10.6. The number of hydrogen-bond acceptors (Lipinski definition) is 5. The molecule has 5 nitrogen and oxygen atoms in total. The standard InChI is InChI=1S/C19H24N4OS/c1-13-17-18(22(2)21-13)20-19(25-17)23-10-8-15(9-11-23)16(24)12-14-6-4-3-5-7-14/h3-7,15-16,24H,8-12H2,1-2H3/t16-/m1/s1. The summed E-state index contributed by atoms with van der Waals surface area (Å²) in [4.78, 5) is 7.13. The van der Waals surface area contributed by atoms with Gasteiger partial charge >= 0.3 is 0 Å². The summed E-state index contributed by atoms with van der Waals surface area (Å²) in [7, 11) is 1.95. The normalized spacial score (nSPS) is 17.3. The molecule has 1 aliphatic heterocycles. The Morgan fingerprint density at radius 1 is 1.24 bits per heavy atom. The summed E-state index contributed by atoms with van der Waals surface area (Å²) in [6.45, 7) is 3.96. The molecule has 0 spiro atoms. The molecule has 0 radical (unpaired) electrons. The fraction of sp³-hybridized carbons (Fsp3) is 0.474. The third kappa shape index (κ3) is 3.28. The summed E-state index contributed by atoms with van der Waals surface area (Å²) in [5.41, 5.74) is 3.24. The van der Waals surface area contributed by atoms with Crippen LogP contribution in [0.5, 0.6) is 0 Å². The topological polar surface area (TPSA) is 54.2 Å². The van der Waals surface area contributed by atoms with Crippen LogP contribution in [-0.2, 0) is 13.5 Å². The van der Waals surface area contributed by atoms with Crippen molar-refractivity contribution >= 4 is 26.8 Å². The molecule has 1 saturated heterocycles. The van der Waals surface area contributed by atoms with Crippen molar-refractivity contribution in [2.24, 2.45) is 13.0 Å². The molecule has 0 unspecified atom stereocenters. The van der Waals surface area contributed by atoms with Crippen molar-refractivity contribution in [2.75, 3.05) is 18.0 Å². The number of aromatic nitrogens is 3. The van der Waals surface area contributed by atoms with E-state index >= 15 is 0 Å². The number of piperidine rings is 1. The highest BCUT2D eigenvalue weighted by Crippen LogP contribution is 2.33. The Hall–Kier alpha value is -1.92. The number of fused-ring (bicyclic) bond motifs is 1. The largest absolute Gasteiger partial charge is 0.392 e. The van der Waals surface area contributed by atoms with Crippen LogP contribution in [0.15, 0.2) is 30.3 Å². The maximum Gasteiger partial charge on any atom is 0.188 e. The van der Waals surface area contributed by atoms with E-state index in [0.717, 1.165) is 48.8 Å². The van der Waals surface area contributed by atoms with Crippen molar-refractivity contribution in [3.8, 4) is 0 Å². The molecule has 1 aromatic carbocycles. The SMILES string of the molecule is Cc1nn(C)c2nc(N3CCC([C@H](O)Cc4ccccc4)CC3)sc12. The minimum atomic E-state index is -0.258. The summed E-state index contributed by atoms with van der Waals surface area (Å²) < 4.78 is 3.05. The first-order valence-corrected chi connectivity index (χ1v) is 9.70. The van der Waals surface area contributed by atoms with Gasteiger partial charge in [-0.15, -0.1) is 0 Å². The molecular weight excluding hydrogens is 332 g/mol. The second-order valence-corrected chi connectivity index (χ2v) is 7.92. The molecule has 1 aliphatic rings. The number of anilines is 1. The summed E-state index contributed by atoms with van der Waals surface area (Å²) in [6, 6.07) is 10.3. The number of hydrogen-bond donors (Lipinski definition) is 1. The number of thiazole rings is 1. The molecular formula is C19H24N4OS. The zero-order chi connectivity index (χ0) is 17.4. The predicted octanol–water partition coefficient (Wildman–Crippen LogP) is 3.16. The molecule has 1 atom stereocenters. The molecule has 3 aromatic rings. The first-order chi connectivity index (χ1) is 12.1. The Morgan fingerprint density at radius 2 is 1.96 bits per heavy atom. The smallest absolute Gasteiger partial charge is 0.188 e. The van der Waals surface area contributed by atoms with Gasteiger partial charge in [0.1, 0.15) is 0 Å². The van der Waals surface area contributed by atoms with Gasteiger partial charge in [0.05, 0.1) is 16.5 Å². The first kappa shape index (κ1) is 16.5. The van der Waals surface area contributed by atoms with Gasteiger partial charge in [-0.25, -0.2) is 9.67 Å². The van der Waals surface area contributed by atoms with E-state index < -0.39 is 0 Å². The van der Waals surface area contributed by atoms with E-state index in [1.807, 2.05) is 36.9 Å². The van der Waals surface area contributed by atoms with Crippen LogP contribution < -0.4 is 4.90 Å². The van der Waals surface area contributed by atoms with Gasteiger partial charge in [-0.1, -0.05) is 41.7 Å². The number of aryl methyl sites for hydroxylation is 2. The minimum absolute atomic E-state index is 0.258. The van der Waals surface area contributed by atoms with Gasteiger partial charge in [-0.05, 0) is 37.7 Å². The number of nitrogens with zero attached hydrogens (tertiary/aromatic N) is 4. The molecule has 1 N–H and O–H groups in total. The van der Waals surface area contributed by atoms with Crippen LogP contribution in [0.4, 0.5) is 5.13 Å². The van der Waals surface area contributed by atoms with Crippen molar-refractivity contribution in [1.82, 2.24) is 14.8 Å². The Morgan fingerprint density at radius 3 is 2.64 bits per heavy atom. The highest BCUT2D eigenvalue weighted by molar-refractivity contribution is 7.22. The van der Waals surface area contributed by atoms with Gasteiger partial charge in [0.25, 0.3) is 0 Å². The van der Waals surface area contributed by atoms with Crippen LogP contribution in [0.1, 0.15) is 24.1 Å². The molecule has 6 heteroatoms. The fourth-order valence-corrected chi connectivity index (χ4v) is 4.79. The maximum atomic E-state index is 10.6.